The third-order valence-corrected chi connectivity index (χ3v) is 22.7. The lowest BCUT2D eigenvalue weighted by molar-refractivity contribution is -0.119. The molecule has 0 bridgehead atoms. The molecule has 0 unspecified atom stereocenters. The number of halogens is 3. The number of carbonyl (C=O) groups is 4. The van der Waals surface area contributed by atoms with Gasteiger partial charge in [0.1, 0.15) is 53.2 Å². The number of ketones is 2. The molecule has 12 aromatic rings. The van der Waals surface area contributed by atoms with Crippen LogP contribution in [0.4, 0.5) is 28.4 Å². The summed E-state index contributed by atoms with van der Waals surface area (Å²) in [6.07, 6.45) is 23.6. The maximum atomic E-state index is 14.9. The molecule has 0 saturated heterocycles. The Labute approximate surface area is 707 Å². The van der Waals surface area contributed by atoms with Gasteiger partial charge in [0.2, 0.25) is 0 Å². The summed E-state index contributed by atoms with van der Waals surface area (Å²) in [4.78, 5) is 70.1. The number of aliphatic hydroxyl groups excluding tert-OH is 1. The van der Waals surface area contributed by atoms with Gasteiger partial charge in [0.15, 0.2) is 34.7 Å². The van der Waals surface area contributed by atoms with Crippen molar-refractivity contribution in [3.8, 4) is 65.8 Å². The predicted octanol–water partition coefficient (Wildman–Crippen LogP) is 17.5. The number of thiophene rings is 3. The number of fused-ring (bicyclic) bond motifs is 3. The lowest BCUT2D eigenvalue weighted by Crippen LogP contribution is -2.30. The Hall–Kier alpha value is -10.7. The van der Waals surface area contributed by atoms with Gasteiger partial charge in [-0.25, -0.2) is 22.8 Å². The van der Waals surface area contributed by atoms with Gasteiger partial charge in [-0.05, 0) is 179 Å². The standard InChI is InChI=1S/C32H37FN4O5S.C27H29FN4O3S.C26H30FN5O4S.C3H7N/c1-32(2,3)42-31(39)40-14-13-36(4)11-12-37-20-23(19-35-37)29-18-26-30(43-29)28(9-10-34-26)41-27-8-7-22(17-25(27)33)16-24(38)15-21-5-6-21;1-31(10-11-33)8-9-32-17-20(16-30-32)26-15-23-27(36-26)25(6-7-29-23)35-24-5-4-19(14-22(24)28)13-21(34)12-18-2-3-18;1-26(2,3)36-25(33)34-12-11-31(4)9-10-32-16-17(15-30-32)23-14-20-24(37-23)22(7-8-29-20)35-21-6-5-18(28)13-19(21)27;4-3-1-2-3/h7-10,17-21H,5-6,11-16H2,1-4H3;4-7,14-18,33H,2-3,8-13H2,1H3;5-8,13-16H,9-12,28H2,1-4H3;3H,1-2,4H2. The second-order valence-corrected chi connectivity index (χ2v) is 35.4. The minimum absolute atomic E-state index is 0.102. The topological polar surface area (TPSA) is 307 Å². The van der Waals surface area contributed by atoms with Crippen molar-refractivity contribution in [2.75, 3.05) is 86.0 Å². The second kappa shape index (κ2) is 41.0. The van der Waals surface area contributed by atoms with Crippen LogP contribution >= 0.6 is 34.0 Å². The van der Waals surface area contributed by atoms with E-state index in [1.807, 2.05) is 83.1 Å². The van der Waals surface area contributed by atoms with Crippen molar-refractivity contribution >= 4 is 94.2 Å². The molecule has 120 heavy (non-hydrogen) atoms. The van der Waals surface area contributed by atoms with E-state index in [1.165, 1.54) is 71.1 Å². The number of hydrogen-bond donors (Lipinski definition) is 3. The van der Waals surface area contributed by atoms with Crippen molar-refractivity contribution in [1.29, 1.82) is 0 Å². The number of carbonyl (C=O) groups excluding carboxylic acids is 4. The van der Waals surface area contributed by atoms with Crippen molar-refractivity contribution in [2.45, 2.75) is 143 Å². The largest absolute Gasteiger partial charge is 0.508 e. The number of aliphatic hydroxyl groups is 1. The molecule has 0 aliphatic heterocycles. The zero-order chi connectivity index (χ0) is 85.2. The van der Waals surface area contributed by atoms with E-state index in [2.05, 4.69) is 40.0 Å². The predicted molar refractivity (Wildman–Crippen MR) is 460 cm³/mol. The minimum atomic E-state index is -0.667. The van der Waals surface area contributed by atoms with E-state index < -0.39 is 41.0 Å². The molecule has 3 saturated carbocycles. The summed E-state index contributed by atoms with van der Waals surface area (Å²) >= 11 is 4.52. The van der Waals surface area contributed by atoms with E-state index in [4.69, 9.17) is 49.7 Å². The molecular weight excluding hydrogens is 1600 g/mol. The highest BCUT2D eigenvalue weighted by Crippen LogP contribution is 2.44. The summed E-state index contributed by atoms with van der Waals surface area (Å²) in [6, 6.07) is 25.5. The summed E-state index contributed by atoms with van der Waals surface area (Å²) in [5.74, 6) is 1.75. The van der Waals surface area contributed by atoms with E-state index in [-0.39, 0.29) is 61.5 Å². The Morgan fingerprint density at radius 2 is 0.817 bits per heavy atom. The number of hydrogen-bond acceptors (Lipinski definition) is 26. The van der Waals surface area contributed by atoms with Gasteiger partial charge >= 0.3 is 12.3 Å². The number of aromatic nitrogens is 9. The van der Waals surface area contributed by atoms with Crippen LogP contribution in [0.1, 0.15) is 104 Å². The Morgan fingerprint density at radius 3 is 1.13 bits per heavy atom. The molecule has 0 amide bonds. The fourth-order valence-corrected chi connectivity index (χ4v) is 15.2. The second-order valence-electron chi connectivity index (χ2n) is 32.2. The molecule has 3 aliphatic rings. The quantitative estimate of drug-likeness (QED) is 0.0249. The van der Waals surface area contributed by atoms with Crippen LogP contribution in [0.2, 0.25) is 0 Å². The summed E-state index contributed by atoms with van der Waals surface area (Å²) in [5.41, 5.74) is 16.5. The maximum Gasteiger partial charge on any atom is 0.508 e. The first kappa shape index (κ1) is 88.6. The van der Waals surface area contributed by atoms with Gasteiger partial charge in [-0.15, -0.1) is 34.0 Å². The molecule has 0 radical (unpaired) electrons. The van der Waals surface area contributed by atoms with E-state index in [0.717, 1.165) is 107 Å². The van der Waals surface area contributed by atoms with Crippen LogP contribution in [0, 0.1) is 29.3 Å². The van der Waals surface area contributed by atoms with Crippen molar-refractivity contribution in [1.82, 2.24) is 59.0 Å². The lowest BCUT2D eigenvalue weighted by Gasteiger charge is -2.20. The molecule has 636 valence electrons. The highest BCUT2D eigenvalue weighted by Gasteiger charge is 2.28. The minimum Gasteiger partial charge on any atom is -0.453 e. The molecule has 26 nitrogen and oxygen atoms in total. The van der Waals surface area contributed by atoms with E-state index in [0.29, 0.717) is 104 Å². The fraction of sp³-hybridized carbons (Fsp3) is 0.409. The van der Waals surface area contributed by atoms with E-state index in [9.17, 15) is 32.3 Å². The van der Waals surface area contributed by atoms with Crippen LogP contribution in [0.3, 0.4) is 0 Å². The normalized spacial score (nSPS) is 13.4. The number of rotatable bonds is 34. The molecule has 5 N–H and O–H groups in total. The molecule has 3 fully saturated rings. The molecule has 3 aliphatic carbocycles. The first-order valence-electron chi connectivity index (χ1n) is 40.0. The van der Waals surface area contributed by atoms with Gasteiger partial charge in [-0.1, -0.05) is 12.1 Å². The molecule has 32 heteroatoms. The Kier molecular flexibility index (Phi) is 30.3. The Bertz CT molecular complexity index is 5470. The van der Waals surface area contributed by atoms with Crippen LogP contribution in [0.25, 0.3) is 62.0 Å². The average Bonchev–Trinajstić information content (AvgIpc) is 1.64. The van der Waals surface area contributed by atoms with Gasteiger partial charge in [-0.2, -0.15) is 15.3 Å². The molecule has 9 aromatic heterocycles. The number of ether oxygens (including phenoxy) is 7. The smallest absolute Gasteiger partial charge is 0.453 e. The first-order valence-corrected chi connectivity index (χ1v) is 42.5. The Balaban J connectivity index is 0.000000162. The number of nitrogen functional groups attached to an aromatic ring is 1. The molecule has 0 atom stereocenters. The zero-order valence-electron chi connectivity index (χ0n) is 69.0. The number of nitrogens with zero attached hydrogens (tertiary/aromatic N) is 12. The number of Topliss-reactive ketones (excluding diaryl/α,β-unsaturated/α-hetero) is 2. The summed E-state index contributed by atoms with van der Waals surface area (Å²) in [6.45, 7) is 17.4. The number of likely N-dealkylation sites (N-methyl/N-ethyl adjacent to an activating group) is 3. The van der Waals surface area contributed by atoms with Gasteiger partial charge < -0.3 is 64.4 Å². The van der Waals surface area contributed by atoms with Crippen LogP contribution in [-0.4, -0.2) is 185 Å². The lowest BCUT2D eigenvalue weighted by atomic mass is 10.0. The summed E-state index contributed by atoms with van der Waals surface area (Å²) < 4.78 is 90.4. The van der Waals surface area contributed by atoms with Crippen LogP contribution in [0.15, 0.2) is 147 Å². The first-order chi connectivity index (χ1) is 57.5. The molecule has 3 aromatic carbocycles. The van der Waals surface area contributed by atoms with Gasteiger partial charge in [0.05, 0.1) is 75.5 Å². The van der Waals surface area contributed by atoms with Crippen LogP contribution in [-0.2, 0) is 61.0 Å². The SMILES string of the molecule is CN(CCO)CCn1cc(-c2cc3nccc(Oc4ccc(CC(=O)CC5CC5)cc4F)c3s2)cn1.CN(CCOC(=O)OC(C)(C)C)CCn1cc(-c2cc3nccc(Oc4ccc(CC(=O)CC5CC5)cc4F)c3s2)cn1.CN(CCOC(=O)OC(C)(C)C)CCn1cc(-c2cc3nccc(Oc4ccc(N)cc4F)c3s2)cn1.NC1CC1. The van der Waals surface area contributed by atoms with Crippen molar-refractivity contribution < 1.29 is 70.6 Å². The highest BCUT2D eigenvalue weighted by atomic mass is 32.1. The number of benzene rings is 3. The third-order valence-electron chi connectivity index (χ3n) is 19.1. The molecule has 15 rings (SSSR count). The molecular formula is C88H103F3N14O12S3. The molecule has 9 heterocycles. The highest BCUT2D eigenvalue weighted by molar-refractivity contribution is 7.23. The summed E-state index contributed by atoms with van der Waals surface area (Å²) in [7, 11) is 5.87. The average molecular weight is 1700 g/mol. The van der Waals surface area contributed by atoms with Crippen molar-refractivity contribution in [3.63, 3.8) is 0 Å². The van der Waals surface area contributed by atoms with Gasteiger partial charge in [0, 0.05) is 169 Å². The fourth-order valence-electron chi connectivity index (χ4n) is 12.1. The number of pyridine rings is 3. The third kappa shape index (κ3) is 27.4. The Morgan fingerprint density at radius 1 is 0.475 bits per heavy atom. The van der Waals surface area contributed by atoms with Crippen molar-refractivity contribution in [2.24, 2.45) is 17.6 Å². The van der Waals surface area contributed by atoms with Crippen molar-refractivity contribution in [3.05, 3.63) is 175 Å². The maximum absolute atomic E-state index is 14.9. The van der Waals surface area contributed by atoms with Crippen LogP contribution < -0.4 is 25.7 Å². The summed E-state index contributed by atoms with van der Waals surface area (Å²) in [5, 5.41) is 22.5. The van der Waals surface area contributed by atoms with Gasteiger partial charge in [-0.3, -0.25) is 38.6 Å². The van der Waals surface area contributed by atoms with E-state index in [1.54, 1.807) is 121 Å². The number of anilines is 1. The van der Waals surface area contributed by atoms with Crippen LogP contribution in [0.5, 0.6) is 34.5 Å². The monoisotopic (exact) mass is 1700 g/mol. The molecule has 0 spiro atoms. The number of nitrogens with two attached hydrogens (primary N) is 2. The van der Waals surface area contributed by atoms with Gasteiger partial charge in [0.25, 0.3) is 0 Å². The zero-order valence-corrected chi connectivity index (χ0v) is 71.4. The van der Waals surface area contributed by atoms with E-state index >= 15 is 0 Å².